The van der Waals surface area contributed by atoms with Crippen molar-refractivity contribution < 1.29 is 0 Å². The Hall–Kier alpha value is -1.56. The Labute approximate surface area is 137 Å². The smallest absolute Gasteiger partial charge is 0.0456 e. The van der Waals surface area contributed by atoms with Crippen LogP contribution in [0.3, 0.4) is 0 Å². The molecule has 0 aliphatic carbocycles. The normalized spacial score (nSPS) is 10.8. The van der Waals surface area contributed by atoms with Crippen LogP contribution in [0.5, 0.6) is 0 Å². The second-order valence-corrected chi connectivity index (χ2v) is 4.94. The third-order valence-electron chi connectivity index (χ3n) is 3.55. The number of H-pyrrole nitrogens is 2. The van der Waals surface area contributed by atoms with Gasteiger partial charge in [-0.15, -0.1) is 0 Å². The van der Waals surface area contributed by atoms with Gasteiger partial charge >= 0.3 is 27.3 Å². The molecule has 0 aliphatic rings. The molecule has 0 amide bonds. The summed E-state index contributed by atoms with van der Waals surface area (Å²) in [7, 11) is 0. The first-order valence-corrected chi connectivity index (χ1v) is 6.52. The molecular formula is C17H16N2Pb. The number of hydrogen-bond donors (Lipinski definition) is 2. The molecule has 2 heterocycles. The summed E-state index contributed by atoms with van der Waals surface area (Å²) in [4.78, 5) is 6.94. The van der Waals surface area contributed by atoms with Crippen LogP contribution in [0.25, 0.3) is 21.8 Å². The predicted molar refractivity (Wildman–Crippen MR) is 87.9 cm³/mol. The van der Waals surface area contributed by atoms with Gasteiger partial charge in [-0.25, -0.2) is 0 Å². The molecule has 0 aliphatic heterocycles. The van der Waals surface area contributed by atoms with Crippen LogP contribution in [0.15, 0.2) is 60.7 Å². The number of para-hydroxylation sites is 2. The zero-order chi connectivity index (χ0) is 12.7. The van der Waals surface area contributed by atoms with E-state index in [0.717, 1.165) is 6.42 Å². The fraction of sp³-hybridized carbons (Fsp3) is 0.0588. The molecule has 0 atom stereocenters. The average molecular weight is 456 g/mol. The molecule has 2 radical (unpaired) electrons. The zero-order valence-corrected chi connectivity index (χ0v) is 16.7. The summed E-state index contributed by atoms with van der Waals surface area (Å²) >= 11 is 0. The van der Waals surface area contributed by atoms with E-state index in [9.17, 15) is 0 Å². The number of rotatable bonds is 2. The standard InChI is InChI=1S/C17H14N2.Pb.2H/c1-3-7-16-12(5-1)9-14(18-16)11-15-10-13-6-2-4-8-17(13)19-15;;;/h1-10,18-19H,11H2;;;. The van der Waals surface area contributed by atoms with Gasteiger partial charge in [-0.1, -0.05) is 36.4 Å². The van der Waals surface area contributed by atoms with Crippen molar-refractivity contribution in [3.8, 4) is 0 Å². The molecule has 2 nitrogen and oxygen atoms in total. The zero-order valence-electron chi connectivity index (χ0n) is 11.2. The number of nitrogens with one attached hydrogen (secondary N) is 2. The third kappa shape index (κ3) is 2.40. The van der Waals surface area contributed by atoms with Crippen LogP contribution in [-0.2, 0) is 6.42 Å². The van der Waals surface area contributed by atoms with Crippen LogP contribution >= 0.6 is 0 Å². The van der Waals surface area contributed by atoms with Crippen molar-refractivity contribution in [2.45, 2.75) is 6.42 Å². The summed E-state index contributed by atoms with van der Waals surface area (Å²) in [6.07, 6.45) is 0.906. The number of aromatic amines is 2. The molecule has 0 spiro atoms. The predicted octanol–water partition coefficient (Wildman–Crippen LogP) is 3.32. The Morgan fingerprint density at radius 3 is 1.55 bits per heavy atom. The number of aromatic nitrogens is 2. The average Bonchev–Trinajstić information content (AvgIpc) is 3.00. The maximum absolute atomic E-state index is 3.47. The van der Waals surface area contributed by atoms with Gasteiger partial charge in [0.15, 0.2) is 0 Å². The fourth-order valence-corrected chi connectivity index (χ4v) is 2.66. The van der Waals surface area contributed by atoms with Gasteiger partial charge in [0.1, 0.15) is 0 Å². The molecule has 0 bridgehead atoms. The van der Waals surface area contributed by atoms with E-state index < -0.39 is 0 Å². The first-order valence-electron chi connectivity index (χ1n) is 6.52. The second-order valence-electron chi connectivity index (χ2n) is 4.94. The summed E-state index contributed by atoms with van der Waals surface area (Å²) in [5, 5.41) is 2.54. The van der Waals surface area contributed by atoms with Crippen LogP contribution in [0.2, 0.25) is 0 Å². The van der Waals surface area contributed by atoms with Gasteiger partial charge in [0.05, 0.1) is 0 Å². The summed E-state index contributed by atoms with van der Waals surface area (Å²) < 4.78 is 0. The van der Waals surface area contributed by atoms with E-state index in [1.165, 1.54) is 33.2 Å². The first-order chi connectivity index (χ1) is 9.38. The Morgan fingerprint density at radius 1 is 0.650 bits per heavy atom. The summed E-state index contributed by atoms with van der Waals surface area (Å²) in [5.41, 5.74) is 4.89. The van der Waals surface area contributed by atoms with Crippen molar-refractivity contribution in [3.63, 3.8) is 0 Å². The Balaban J connectivity index is 0.00000121. The van der Waals surface area contributed by atoms with Crippen LogP contribution in [0.1, 0.15) is 11.4 Å². The van der Waals surface area contributed by atoms with Gasteiger partial charge in [0.25, 0.3) is 0 Å². The molecule has 0 fully saturated rings. The van der Waals surface area contributed by atoms with E-state index in [0.29, 0.717) is 0 Å². The third-order valence-corrected chi connectivity index (χ3v) is 3.55. The SMILES string of the molecule is [PbH2].c1ccc2[nH]c(Cc3cc4ccccc4[nH]3)cc2c1. The molecule has 4 rings (SSSR count). The fourth-order valence-electron chi connectivity index (χ4n) is 2.66. The van der Waals surface area contributed by atoms with Gasteiger partial charge in [0.2, 0.25) is 0 Å². The van der Waals surface area contributed by atoms with E-state index in [1.807, 2.05) is 0 Å². The largest absolute Gasteiger partial charge is 0.358 e. The summed E-state index contributed by atoms with van der Waals surface area (Å²) in [6, 6.07) is 21.2. The van der Waals surface area contributed by atoms with E-state index in [-0.39, 0.29) is 27.3 Å². The number of benzene rings is 2. The van der Waals surface area contributed by atoms with Crippen molar-refractivity contribution in [2.24, 2.45) is 0 Å². The molecule has 2 aromatic heterocycles. The quantitative estimate of drug-likeness (QED) is 0.435. The van der Waals surface area contributed by atoms with Gasteiger partial charge in [0, 0.05) is 28.8 Å². The van der Waals surface area contributed by atoms with Gasteiger partial charge in [-0.05, 0) is 35.0 Å². The van der Waals surface area contributed by atoms with Crippen LogP contribution in [-0.4, -0.2) is 37.3 Å². The minimum Gasteiger partial charge on any atom is -0.358 e. The van der Waals surface area contributed by atoms with Crippen molar-refractivity contribution in [3.05, 3.63) is 72.1 Å². The Bertz CT molecular complexity index is 719. The molecule has 2 N–H and O–H groups in total. The molecular weight excluding hydrogens is 439 g/mol. The topological polar surface area (TPSA) is 31.6 Å². The van der Waals surface area contributed by atoms with Crippen LogP contribution < -0.4 is 0 Å². The molecule has 0 saturated heterocycles. The second kappa shape index (κ2) is 5.44. The molecule has 4 aromatic rings. The Kier molecular flexibility index (Phi) is 3.65. The van der Waals surface area contributed by atoms with E-state index in [1.54, 1.807) is 0 Å². The monoisotopic (exact) mass is 456 g/mol. The molecule has 0 saturated carbocycles. The van der Waals surface area contributed by atoms with Gasteiger partial charge in [-0.3, -0.25) is 0 Å². The van der Waals surface area contributed by atoms with Crippen molar-refractivity contribution in [2.75, 3.05) is 0 Å². The van der Waals surface area contributed by atoms with E-state index in [2.05, 4.69) is 70.6 Å². The molecule has 0 unspecified atom stereocenters. The summed E-state index contributed by atoms with van der Waals surface area (Å²) in [5.74, 6) is 0. The maximum atomic E-state index is 3.47. The minimum atomic E-state index is 0. The minimum absolute atomic E-state index is 0. The van der Waals surface area contributed by atoms with Crippen LogP contribution in [0.4, 0.5) is 0 Å². The molecule has 3 heteroatoms. The van der Waals surface area contributed by atoms with Crippen LogP contribution in [0, 0.1) is 0 Å². The van der Waals surface area contributed by atoms with Gasteiger partial charge in [-0.2, -0.15) is 0 Å². The Morgan fingerprint density at radius 2 is 1.10 bits per heavy atom. The van der Waals surface area contributed by atoms with E-state index >= 15 is 0 Å². The molecule has 20 heavy (non-hydrogen) atoms. The van der Waals surface area contributed by atoms with Crippen molar-refractivity contribution in [1.82, 2.24) is 9.97 Å². The van der Waals surface area contributed by atoms with E-state index in [4.69, 9.17) is 0 Å². The molecule has 98 valence electrons. The molecule has 2 aromatic carbocycles. The maximum Gasteiger partial charge on any atom is 0.0456 e. The number of hydrogen-bond acceptors (Lipinski definition) is 0. The summed E-state index contributed by atoms with van der Waals surface area (Å²) in [6.45, 7) is 0. The first kappa shape index (κ1) is 13.4. The number of fused-ring (bicyclic) bond motifs is 2. The van der Waals surface area contributed by atoms with Gasteiger partial charge < -0.3 is 9.97 Å². The van der Waals surface area contributed by atoms with Crippen molar-refractivity contribution in [1.29, 1.82) is 0 Å². The van der Waals surface area contributed by atoms with Crippen molar-refractivity contribution >= 4 is 49.1 Å².